The van der Waals surface area contributed by atoms with Crippen LogP contribution in [0, 0.1) is 0 Å². The Morgan fingerprint density at radius 3 is 2.47 bits per heavy atom. The van der Waals surface area contributed by atoms with Crippen LogP contribution < -0.4 is 10.5 Å². The quantitative estimate of drug-likeness (QED) is 0.868. The van der Waals surface area contributed by atoms with E-state index >= 15 is 0 Å². The first-order chi connectivity index (χ1) is 8.24. The van der Waals surface area contributed by atoms with Crippen LogP contribution in [0.4, 0.5) is 0 Å². The van der Waals surface area contributed by atoms with Crippen LogP contribution in [0.15, 0.2) is 36.4 Å². The Kier molecular flexibility index (Phi) is 3.64. The van der Waals surface area contributed by atoms with E-state index in [4.69, 9.17) is 10.5 Å². The van der Waals surface area contributed by atoms with Crippen molar-refractivity contribution in [1.82, 2.24) is 0 Å². The van der Waals surface area contributed by atoms with E-state index in [0.29, 0.717) is 0 Å². The van der Waals surface area contributed by atoms with Crippen molar-refractivity contribution in [3.63, 3.8) is 0 Å². The van der Waals surface area contributed by atoms with E-state index in [9.17, 15) is 0 Å². The van der Waals surface area contributed by atoms with Gasteiger partial charge in [0.05, 0.1) is 6.61 Å². The molecule has 0 heterocycles. The average Bonchev–Trinajstić information content (AvgIpc) is 2.35. The Labute approximate surface area is 102 Å². The van der Waals surface area contributed by atoms with Crippen LogP contribution in [0.1, 0.15) is 31.9 Å². The van der Waals surface area contributed by atoms with E-state index in [0.717, 1.165) is 24.2 Å². The number of hydrogen-bond donors (Lipinski definition) is 1. The zero-order valence-corrected chi connectivity index (χ0v) is 10.4. The van der Waals surface area contributed by atoms with Crippen molar-refractivity contribution in [1.29, 1.82) is 0 Å². The Balaban J connectivity index is 2.54. The molecule has 2 aromatic carbocycles. The third-order valence-electron chi connectivity index (χ3n) is 2.87. The van der Waals surface area contributed by atoms with Crippen LogP contribution in [-0.2, 0) is 0 Å². The van der Waals surface area contributed by atoms with Gasteiger partial charge in [0.25, 0.3) is 0 Å². The highest BCUT2D eigenvalue weighted by Crippen LogP contribution is 2.30. The van der Waals surface area contributed by atoms with E-state index in [-0.39, 0.29) is 6.04 Å². The summed E-state index contributed by atoms with van der Waals surface area (Å²) in [6.45, 7) is 4.87. The predicted molar refractivity (Wildman–Crippen MR) is 72.3 cm³/mol. The third kappa shape index (κ3) is 2.42. The molecule has 0 saturated carbocycles. The summed E-state index contributed by atoms with van der Waals surface area (Å²) in [7, 11) is 0. The van der Waals surface area contributed by atoms with Crippen LogP contribution in [-0.4, -0.2) is 6.61 Å². The number of rotatable bonds is 4. The summed E-state index contributed by atoms with van der Waals surface area (Å²) in [4.78, 5) is 0. The summed E-state index contributed by atoms with van der Waals surface area (Å²) in [5.41, 5.74) is 7.16. The van der Waals surface area contributed by atoms with Crippen molar-refractivity contribution in [2.45, 2.75) is 26.3 Å². The van der Waals surface area contributed by atoms with Crippen molar-refractivity contribution in [3.05, 3.63) is 42.0 Å². The number of ether oxygens (including phenoxy) is 1. The first kappa shape index (κ1) is 11.9. The molecule has 0 aliphatic carbocycles. The summed E-state index contributed by atoms with van der Waals surface area (Å²) >= 11 is 0. The zero-order chi connectivity index (χ0) is 12.3. The van der Waals surface area contributed by atoms with Gasteiger partial charge in [0.2, 0.25) is 0 Å². The molecule has 2 rings (SSSR count). The molecular formula is C15H19NO. The second-order valence-electron chi connectivity index (χ2n) is 4.34. The van der Waals surface area contributed by atoms with Crippen molar-refractivity contribution >= 4 is 10.8 Å². The summed E-state index contributed by atoms with van der Waals surface area (Å²) in [5, 5.41) is 2.34. The molecule has 0 aliphatic heterocycles. The average molecular weight is 229 g/mol. The molecule has 0 amide bonds. The maximum Gasteiger partial charge on any atom is 0.127 e. The van der Waals surface area contributed by atoms with E-state index in [1.165, 1.54) is 10.9 Å². The number of nitrogens with two attached hydrogens (primary N) is 1. The minimum absolute atomic E-state index is 0.0418. The lowest BCUT2D eigenvalue weighted by molar-refractivity contribution is 0.321. The Hall–Kier alpha value is -1.54. The van der Waals surface area contributed by atoms with E-state index in [2.05, 4.69) is 25.1 Å². The van der Waals surface area contributed by atoms with Crippen LogP contribution in [0.25, 0.3) is 10.8 Å². The first-order valence-corrected chi connectivity index (χ1v) is 6.14. The molecular weight excluding hydrogens is 210 g/mol. The lowest BCUT2D eigenvalue weighted by Crippen LogP contribution is -2.06. The number of hydrogen-bond acceptors (Lipinski definition) is 2. The topological polar surface area (TPSA) is 35.2 Å². The van der Waals surface area contributed by atoms with Crippen LogP contribution in [0.3, 0.4) is 0 Å². The fourth-order valence-electron chi connectivity index (χ4n) is 2.03. The predicted octanol–water partition coefficient (Wildman–Crippen LogP) is 3.65. The molecule has 2 heteroatoms. The molecule has 1 atom stereocenters. The molecule has 0 saturated heterocycles. The van der Waals surface area contributed by atoms with E-state index in [1.54, 1.807) is 0 Å². The van der Waals surface area contributed by atoms with Gasteiger partial charge in [-0.15, -0.1) is 0 Å². The van der Waals surface area contributed by atoms with Crippen molar-refractivity contribution in [2.75, 3.05) is 6.61 Å². The molecule has 2 nitrogen and oxygen atoms in total. The summed E-state index contributed by atoms with van der Waals surface area (Å²) in [6, 6.07) is 12.4. The molecule has 90 valence electrons. The maximum absolute atomic E-state index is 5.99. The summed E-state index contributed by atoms with van der Waals surface area (Å²) in [6.07, 6.45) is 1.02. The van der Waals surface area contributed by atoms with Gasteiger partial charge in [0.1, 0.15) is 5.75 Å². The molecule has 0 fully saturated rings. The van der Waals surface area contributed by atoms with Gasteiger partial charge in [-0.25, -0.2) is 0 Å². The number of benzene rings is 2. The van der Waals surface area contributed by atoms with Gasteiger partial charge < -0.3 is 10.5 Å². The van der Waals surface area contributed by atoms with Crippen molar-refractivity contribution in [2.24, 2.45) is 5.73 Å². The monoisotopic (exact) mass is 229 g/mol. The molecule has 0 bridgehead atoms. The molecule has 0 aromatic heterocycles. The SMILES string of the molecule is CCCOc1ccc(C(C)N)c2ccccc12. The highest BCUT2D eigenvalue weighted by atomic mass is 16.5. The number of fused-ring (bicyclic) bond motifs is 1. The minimum atomic E-state index is 0.0418. The molecule has 1 unspecified atom stereocenters. The molecule has 2 N–H and O–H groups in total. The molecule has 2 aromatic rings. The second kappa shape index (κ2) is 5.19. The molecule has 0 radical (unpaired) electrons. The molecule has 0 aliphatic rings. The Morgan fingerprint density at radius 2 is 1.82 bits per heavy atom. The van der Waals surface area contributed by atoms with Crippen LogP contribution >= 0.6 is 0 Å². The van der Waals surface area contributed by atoms with Crippen molar-refractivity contribution < 1.29 is 4.74 Å². The fraction of sp³-hybridized carbons (Fsp3) is 0.333. The normalized spacial score (nSPS) is 12.6. The van der Waals surface area contributed by atoms with Gasteiger partial charge in [-0.1, -0.05) is 37.3 Å². The largest absolute Gasteiger partial charge is 0.493 e. The highest BCUT2D eigenvalue weighted by molar-refractivity contribution is 5.91. The third-order valence-corrected chi connectivity index (χ3v) is 2.87. The van der Waals surface area contributed by atoms with Crippen molar-refractivity contribution in [3.8, 4) is 5.75 Å². The molecule has 0 spiro atoms. The van der Waals surface area contributed by atoms with Gasteiger partial charge in [-0.3, -0.25) is 0 Å². The smallest absolute Gasteiger partial charge is 0.127 e. The molecule has 17 heavy (non-hydrogen) atoms. The van der Waals surface area contributed by atoms with Gasteiger partial charge in [0, 0.05) is 11.4 Å². The zero-order valence-electron chi connectivity index (χ0n) is 10.4. The van der Waals surface area contributed by atoms with Gasteiger partial charge in [-0.05, 0) is 30.4 Å². The van der Waals surface area contributed by atoms with E-state index < -0.39 is 0 Å². The Morgan fingerprint density at radius 1 is 1.12 bits per heavy atom. The first-order valence-electron chi connectivity index (χ1n) is 6.14. The fourth-order valence-corrected chi connectivity index (χ4v) is 2.03. The lowest BCUT2D eigenvalue weighted by atomic mass is 9.99. The minimum Gasteiger partial charge on any atom is -0.493 e. The Bertz CT molecular complexity index is 505. The van der Waals surface area contributed by atoms with Gasteiger partial charge >= 0.3 is 0 Å². The second-order valence-corrected chi connectivity index (χ2v) is 4.34. The summed E-state index contributed by atoms with van der Waals surface area (Å²) < 4.78 is 5.76. The van der Waals surface area contributed by atoms with Crippen LogP contribution in [0.2, 0.25) is 0 Å². The maximum atomic E-state index is 5.99. The van der Waals surface area contributed by atoms with Gasteiger partial charge in [0.15, 0.2) is 0 Å². The summed E-state index contributed by atoms with van der Waals surface area (Å²) in [5.74, 6) is 0.951. The van der Waals surface area contributed by atoms with Gasteiger partial charge in [-0.2, -0.15) is 0 Å². The standard InChI is InChI=1S/C15H19NO/c1-3-10-17-15-9-8-12(11(2)16)13-6-4-5-7-14(13)15/h4-9,11H,3,10,16H2,1-2H3. The van der Waals surface area contributed by atoms with Crippen LogP contribution in [0.5, 0.6) is 5.75 Å². The van der Waals surface area contributed by atoms with E-state index in [1.807, 2.05) is 25.1 Å². The highest BCUT2D eigenvalue weighted by Gasteiger charge is 2.08. The lowest BCUT2D eigenvalue weighted by Gasteiger charge is -2.14.